The highest BCUT2D eigenvalue weighted by molar-refractivity contribution is 6.01. The molecule has 0 fully saturated rings. The second kappa shape index (κ2) is 9.18. The van der Waals surface area contributed by atoms with Crippen molar-refractivity contribution in [2.75, 3.05) is 5.32 Å². The molecule has 0 unspecified atom stereocenters. The fourth-order valence-electron chi connectivity index (χ4n) is 2.86. The van der Waals surface area contributed by atoms with Crippen LogP contribution in [0.3, 0.4) is 0 Å². The van der Waals surface area contributed by atoms with E-state index in [4.69, 9.17) is 10.00 Å². The van der Waals surface area contributed by atoms with Gasteiger partial charge >= 0.3 is 5.97 Å². The highest BCUT2D eigenvalue weighted by Crippen LogP contribution is 2.27. The lowest BCUT2D eigenvalue weighted by molar-refractivity contribution is -0.123. The maximum atomic E-state index is 12.8. The van der Waals surface area contributed by atoms with Gasteiger partial charge in [-0.15, -0.1) is 0 Å². The second-order valence-corrected chi connectivity index (χ2v) is 6.43. The van der Waals surface area contributed by atoms with E-state index in [-0.39, 0.29) is 5.56 Å². The molecule has 0 aliphatic heterocycles. The number of nitrogens with one attached hydrogen (secondary N) is 1. The van der Waals surface area contributed by atoms with E-state index in [1.165, 1.54) is 6.92 Å². The molecule has 0 saturated heterocycles. The van der Waals surface area contributed by atoms with Gasteiger partial charge < -0.3 is 10.1 Å². The Kier molecular flexibility index (Phi) is 6.22. The first-order valence-corrected chi connectivity index (χ1v) is 9.14. The average molecular weight is 395 g/mol. The quantitative estimate of drug-likeness (QED) is 0.650. The molecule has 0 aliphatic carbocycles. The number of esters is 1. The van der Waals surface area contributed by atoms with E-state index < -0.39 is 18.0 Å². The molecule has 3 aromatic rings. The van der Waals surface area contributed by atoms with Crippen LogP contribution < -0.4 is 5.32 Å². The molecule has 0 heterocycles. The predicted octanol–water partition coefficient (Wildman–Crippen LogP) is 4.28. The lowest BCUT2D eigenvalue weighted by Gasteiger charge is -2.15. The molecule has 0 bridgehead atoms. The molecule has 6 nitrogen and oxygen atoms in total. The Balaban J connectivity index is 1.77. The van der Waals surface area contributed by atoms with Crippen molar-refractivity contribution in [3.63, 3.8) is 0 Å². The van der Waals surface area contributed by atoms with E-state index in [9.17, 15) is 14.9 Å². The number of carbonyl (C=O) groups excluding carboxylic acids is 2. The zero-order valence-corrected chi connectivity index (χ0v) is 16.1. The maximum absolute atomic E-state index is 12.8. The number of ether oxygens (including phenoxy) is 1. The van der Waals surface area contributed by atoms with E-state index in [0.717, 1.165) is 0 Å². The Labute approximate surface area is 174 Å². The molecule has 3 aromatic carbocycles. The fraction of sp³-hybridized carbons (Fsp3) is 0.0833. The highest BCUT2D eigenvalue weighted by atomic mass is 16.5. The predicted molar refractivity (Wildman–Crippen MR) is 111 cm³/mol. The summed E-state index contributed by atoms with van der Waals surface area (Å²) < 4.78 is 5.36. The van der Waals surface area contributed by atoms with Crippen LogP contribution in [0.5, 0.6) is 0 Å². The molecule has 0 radical (unpaired) electrons. The molecule has 1 amide bonds. The highest BCUT2D eigenvalue weighted by Gasteiger charge is 2.22. The van der Waals surface area contributed by atoms with Crippen LogP contribution in [0.25, 0.3) is 11.1 Å². The number of nitrogens with zero attached hydrogens (tertiary/aromatic N) is 2. The van der Waals surface area contributed by atoms with Gasteiger partial charge in [-0.25, -0.2) is 4.79 Å². The lowest BCUT2D eigenvalue weighted by Crippen LogP contribution is -2.30. The van der Waals surface area contributed by atoms with Crippen molar-refractivity contribution in [1.29, 1.82) is 10.5 Å². The minimum atomic E-state index is -1.05. The third kappa shape index (κ3) is 4.52. The van der Waals surface area contributed by atoms with Gasteiger partial charge in [0.05, 0.1) is 28.8 Å². The molecule has 1 N–H and O–H groups in total. The van der Waals surface area contributed by atoms with Gasteiger partial charge in [-0.2, -0.15) is 10.5 Å². The van der Waals surface area contributed by atoms with Crippen molar-refractivity contribution in [3.8, 4) is 23.3 Å². The minimum Gasteiger partial charge on any atom is -0.449 e. The number of rotatable bonds is 5. The molecule has 1 atom stereocenters. The van der Waals surface area contributed by atoms with Gasteiger partial charge in [-0.3, -0.25) is 4.79 Å². The third-order valence-electron chi connectivity index (χ3n) is 4.42. The van der Waals surface area contributed by atoms with Crippen molar-refractivity contribution in [2.45, 2.75) is 13.0 Å². The number of benzene rings is 3. The Hall–Kier alpha value is -4.42. The van der Waals surface area contributed by atoms with Crippen LogP contribution in [-0.4, -0.2) is 18.0 Å². The summed E-state index contributed by atoms with van der Waals surface area (Å²) in [6.07, 6.45) is -1.05. The first-order chi connectivity index (χ1) is 14.5. The number of hydrogen-bond acceptors (Lipinski definition) is 5. The molecule has 0 saturated carbocycles. The number of carbonyl (C=O) groups is 2. The van der Waals surface area contributed by atoms with E-state index >= 15 is 0 Å². The van der Waals surface area contributed by atoms with Gasteiger partial charge in [0, 0.05) is 11.3 Å². The topological polar surface area (TPSA) is 103 Å². The smallest absolute Gasteiger partial charge is 0.339 e. The van der Waals surface area contributed by atoms with Crippen molar-refractivity contribution in [2.24, 2.45) is 0 Å². The SMILES string of the molecule is C[C@@H](OC(=O)c1ccccc1-c1ccccc1C#N)C(=O)Nc1ccc(C#N)cc1. The van der Waals surface area contributed by atoms with Gasteiger partial charge in [-0.05, 0) is 48.9 Å². The third-order valence-corrected chi connectivity index (χ3v) is 4.42. The Morgan fingerprint density at radius 3 is 2.17 bits per heavy atom. The summed E-state index contributed by atoms with van der Waals surface area (Å²) in [5.74, 6) is -1.16. The van der Waals surface area contributed by atoms with Gasteiger partial charge in [0.15, 0.2) is 6.10 Å². The van der Waals surface area contributed by atoms with Crippen LogP contribution in [-0.2, 0) is 9.53 Å². The summed E-state index contributed by atoms with van der Waals surface area (Å²) in [6, 6.07) is 24.2. The number of nitriles is 2. The van der Waals surface area contributed by atoms with Crippen LogP contribution in [0.2, 0.25) is 0 Å². The zero-order chi connectivity index (χ0) is 21.5. The monoisotopic (exact) mass is 395 g/mol. The molecule has 0 aromatic heterocycles. The van der Waals surface area contributed by atoms with Gasteiger partial charge in [0.2, 0.25) is 0 Å². The first-order valence-electron chi connectivity index (χ1n) is 9.14. The van der Waals surface area contributed by atoms with Crippen molar-refractivity contribution >= 4 is 17.6 Å². The molecule has 6 heteroatoms. The summed E-state index contributed by atoms with van der Waals surface area (Å²) in [7, 11) is 0. The normalized spacial score (nSPS) is 10.9. The van der Waals surface area contributed by atoms with E-state index in [1.807, 2.05) is 6.07 Å². The Bertz CT molecular complexity index is 1170. The minimum absolute atomic E-state index is 0.262. The van der Waals surface area contributed by atoms with Crippen LogP contribution in [0.15, 0.2) is 72.8 Å². The Morgan fingerprint density at radius 2 is 1.50 bits per heavy atom. The number of amides is 1. The van der Waals surface area contributed by atoms with Crippen molar-refractivity contribution in [3.05, 3.63) is 89.5 Å². The molecular weight excluding hydrogens is 378 g/mol. The fourth-order valence-corrected chi connectivity index (χ4v) is 2.86. The molecule has 0 aliphatic rings. The van der Waals surface area contributed by atoms with Crippen molar-refractivity contribution < 1.29 is 14.3 Å². The van der Waals surface area contributed by atoms with E-state index in [1.54, 1.807) is 72.8 Å². The second-order valence-electron chi connectivity index (χ2n) is 6.43. The number of hydrogen-bond donors (Lipinski definition) is 1. The maximum Gasteiger partial charge on any atom is 0.339 e. The summed E-state index contributed by atoms with van der Waals surface area (Å²) in [5.41, 5.74) is 2.83. The average Bonchev–Trinajstić information content (AvgIpc) is 2.79. The van der Waals surface area contributed by atoms with Gasteiger partial charge in [0.25, 0.3) is 5.91 Å². The molecule has 0 spiro atoms. The van der Waals surface area contributed by atoms with Crippen LogP contribution >= 0.6 is 0 Å². The van der Waals surface area contributed by atoms with Gasteiger partial charge in [0.1, 0.15) is 0 Å². The summed E-state index contributed by atoms with van der Waals surface area (Å²) in [4.78, 5) is 25.2. The summed E-state index contributed by atoms with van der Waals surface area (Å²) in [5, 5.41) is 20.8. The van der Waals surface area contributed by atoms with Crippen molar-refractivity contribution in [1.82, 2.24) is 0 Å². The zero-order valence-electron chi connectivity index (χ0n) is 16.1. The van der Waals surface area contributed by atoms with Crippen LogP contribution in [0.4, 0.5) is 5.69 Å². The Morgan fingerprint density at radius 1 is 0.867 bits per heavy atom. The first kappa shape index (κ1) is 20.3. The lowest BCUT2D eigenvalue weighted by atomic mass is 9.96. The summed E-state index contributed by atoms with van der Waals surface area (Å²) >= 11 is 0. The summed E-state index contributed by atoms with van der Waals surface area (Å²) in [6.45, 7) is 1.47. The largest absolute Gasteiger partial charge is 0.449 e. The molecular formula is C24H17N3O3. The van der Waals surface area contributed by atoms with E-state index in [2.05, 4.69) is 11.4 Å². The van der Waals surface area contributed by atoms with Crippen LogP contribution in [0, 0.1) is 22.7 Å². The molecule has 146 valence electrons. The van der Waals surface area contributed by atoms with Crippen LogP contribution in [0.1, 0.15) is 28.4 Å². The standard InChI is InChI=1S/C24H17N3O3/c1-16(23(28)27-19-12-10-17(14-25)11-13-19)30-24(29)22-9-5-4-8-21(22)20-7-3-2-6-18(20)15-26/h2-13,16H,1H3,(H,27,28)/t16-/m1/s1. The molecule has 30 heavy (non-hydrogen) atoms. The van der Waals surface area contributed by atoms with Gasteiger partial charge in [-0.1, -0.05) is 36.4 Å². The molecule has 3 rings (SSSR count). The van der Waals surface area contributed by atoms with E-state index in [0.29, 0.717) is 27.9 Å². The number of anilines is 1.